The van der Waals surface area contributed by atoms with E-state index in [1.807, 2.05) is 30.3 Å². The van der Waals surface area contributed by atoms with Gasteiger partial charge in [-0.25, -0.2) is 8.42 Å². The highest BCUT2D eigenvalue weighted by molar-refractivity contribution is 7.91. The number of nitrogens with zero attached hydrogens (tertiary/aromatic N) is 2. The maximum absolute atomic E-state index is 11.9. The summed E-state index contributed by atoms with van der Waals surface area (Å²) in [5.41, 5.74) is 1.64. The minimum atomic E-state index is -2.97. The molecule has 0 aliphatic carbocycles. The van der Waals surface area contributed by atoms with Crippen LogP contribution in [0.1, 0.15) is 17.5 Å². The van der Waals surface area contributed by atoms with Crippen molar-refractivity contribution >= 4 is 9.84 Å². The highest BCUT2D eigenvalue weighted by atomic mass is 32.2. The van der Waals surface area contributed by atoms with Crippen LogP contribution in [0.2, 0.25) is 0 Å². The molecule has 1 unspecified atom stereocenters. The Morgan fingerprint density at radius 1 is 1.18 bits per heavy atom. The van der Waals surface area contributed by atoms with E-state index in [0.717, 1.165) is 11.3 Å². The van der Waals surface area contributed by atoms with E-state index in [2.05, 4.69) is 11.0 Å². The molecule has 148 valence electrons. The maximum Gasteiger partial charge on any atom is 0.151 e. The van der Waals surface area contributed by atoms with Crippen molar-refractivity contribution in [3.8, 4) is 17.6 Å². The molecule has 2 aromatic rings. The van der Waals surface area contributed by atoms with Gasteiger partial charge in [0.1, 0.15) is 18.1 Å². The van der Waals surface area contributed by atoms with Crippen LogP contribution in [0.4, 0.5) is 0 Å². The molecule has 1 heterocycles. The molecule has 0 N–H and O–H groups in total. The molecule has 1 atom stereocenters. The van der Waals surface area contributed by atoms with E-state index in [1.165, 1.54) is 0 Å². The summed E-state index contributed by atoms with van der Waals surface area (Å²) in [6.45, 7) is 1.66. The summed E-state index contributed by atoms with van der Waals surface area (Å²) in [6.07, 6.45) is 0.641. The van der Waals surface area contributed by atoms with Crippen molar-refractivity contribution in [1.29, 1.82) is 5.26 Å². The summed E-state index contributed by atoms with van der Waals surface area (Å²) in [5, 5.41) is 8.99. The van der Waals surface area contributed by atoms with Gasteiger partial charge in [-0.3, -0.25) is 4.90 Å². The fourth-order valence-electron chi connectivity index (χ4n) is 3.36. The molecule has 0 amide bonds. The van der Waals surface area contributed by atoms with Gasteiger partial charge in [-0.1, -0.05) is 18.2 Å². The number of hydrogen-bond donors (Lipinski definition) is 0. The van der Waals surface area contributed by atoms with Crippen molar-refractivity contribution in [1.82, 2.24) is 4.90 Å². The smallest absolute Gasteiger partial charge is 0.151 e. The zero-order chi connectivity index (χ0) is 20.0. The van der Waals surface area contributed by atoms with Crippen LogP contribution in [0.25, 0.3) is 0 Å². The van der Waals surface area contributed by atoms with Crippen molar-refractivity contribution in [3.05, 3.63) is 59.7 Å². The Morgan fingerprint density at radius 3 is 2.61 bits per heavy atom. The molecule has 6 nitrogen and oxygen atoms in total. The molecule has 1 fully saturated rings. The third kappa shape index (κ3) is 5.47. The monoisotopic (exact) mass is 400 g/mol. The molecule has 0 bridgehead atoms. The van der Waals surface area contributed by atoms with Gasteiger partial charge in [0.25, 0.3) is 0 Å². The van der Waals surface area contributed by atoms with Gasteiger partial charge < -0.3 is 9.47 Å². The molecule has 0 radical (unpaired) electrons. The lowest BCUT2D eigenvalue weighted by Gasteiger charge is -2.28. The van der Waals surface area contributed by atoms with Gasteiger partial charge in [0.05, 0.1) is 30.2 Å². The molecule has 1 saturated heterocycles. The van der Waals surface area contributed by atoms with Crippen LogP contribution < -0.4 is 9.47 Å². The second-order valence-corrected chi connectivity index (χ2v) is 9.09. The summed E-state index contributed by atoms with van der Waals surface area (Å²) in [4.78, 5) is 2.17. The number of methoxy groups -OCH3 is 1. The normalized spacial score (nSPS) is 18.0. The summed E-state index contributed by atoms with van der Waals surface area (Å²) < 4.78 is 34.9. The van der Waals surface area contributed by atoms with Gasteiger partial charge in [0, 0.05) is 19.1 Å². The number of ether oxygens (including phenoxy) is 2. The van der Waals surface area contributed by atoms with Crippen LogP contribution in [0.5, 0.6) is 11.5 Å². The number of nitriles is 1. The van der Waals surface area contributed by atoms with Gasteiger partial charge in [0.2, 0.25) is 0 Å². The Labute approximate surface area is 166 Å². The Kier molecular flexibility index (Phi) is 6.55. The first kappa shape index (κ1) is 20.2. The Bertz CT molecular complexity index is 936. The van der Waals surface area contributed by atoms with E-state index in [0.29, 0.717) is 37.4 Å². The average molecular weight is 401 g/mol. The molecule has 0 spiro atoms. The Morgan fingerprint density at radius 2 is 1.96 bits per heavy atom. The third-order valence-corrected chi connectivity index (χ3v) is 6.63. The van der Waals surface area contributed by atoms with Gasteiger partial charge >= 0.3 is 0 Å². The van der Waals surface area contributed by atoms with E-state index in [-0.39, 0.29) is 17.5 Å². The largest absolute Gasteiger partial charge is 0.497 e. The number of rotatable bonds is 8. The maximum atomic E-state index is 11.9. The SMILES string of the molecule is COc1ccc(CN(CCOc2cccc(C#N)c2)C2CCS(=O)(=O)C2)cc1. The molecule has 0 saturated carbocycles. The first-order valence-corrected chi connectivity index (χ1v) is 11.0. The molecule has 2 aromatic carbocycles. The van der Waals surface area contributed by atoms with Crippen molar-refractivity contribution in [2.45, 2.75) is 19.0 Å². The summed E-state index contributed by atoms with van der Waals surface area (Å²) >= 11 is 0. The minimum Gasteiger partial charge on any atom is -0.497 e. The fraction of sp³-hybridized carbons (Fsp3) is 0.381. The van der Waals surface area contributed by atoms with Crippen molar-refractivity contribution < 1.29 is 17.9 Å². The minimum absolute atomic E-state index is 0.0128. The first-order valence-electron chi connectivity index (χ1n) is 9.19. The summed E-state index contributed by atoms with van der Waals surface area (Å²) in [6, 6.07) is 16.9. The zero-order valence-corrected chi connectivity index (χ0v) is 16.7. The first-order chi connectivity index (χ1) is 13.5. The predicted octanol–water partition coefficient (Wildman–Crippen LogP) is 2.63. The van der Waals surface area contributed by atoms with Gasteiger partial charge in [-0.2, -0.15) is 5.26 Å². The highest BCUT2D eigenvalue weighted by Gasteiger charge is 2.32. The molecule has 3 rings (SSSR count). The zero-order valence-electron chi connectivity index (χ0n) is 15.9. The number of sulfone groups is 1. The third-order valence-electron chi connectivity index (χ3n) is 4.88. The Balaban J connectivity index is 1.66. The van der Waals surface area contributed by atoms with Crippen LogP contribution in [0.15, 0.2) is 48.5 Å². The van der Waals surface area contributed by atoms with Crippen LogP contribution in [0.3, 0.4) is 0 Å². The van der Waals surface area contributed by atoms with Crippen LogP contribution in [0, 0.1) is 11.3 Å². The number of hydrogen-bond acceptors (Lipinski definition) is 6. The van der Waals surface area contributed by atoms with Gasteiger partial charge in [0.15, 0.2) is 9.84 Å². The van der Waals surface area contributed by atoms with E-state index in [1.54, 1.807) is 25.3 Å². The lowest BCUT2D eigenvalue weighted by atomic mass is 10.1. The van der Waals surface area contributed by atoms with E-state index in [4.69, 9.17) is 14.7 Å². The van der Waals surface area contributed by atoms with Crippen LogP contribution in [-0.2, 0) is 16.4 Å². The molecule has 1 aliphatic heterocycles. The number of benzene rings is 2. The summed E-state index contributed by atoms with van der Waals surface area (Å²) in [5.74, 6) is 1.86. The van der Waals surface area contributed by atoms with Gasteiger partial charge in [-0.05, 0) is 42.3 Å². The quantitative estimate of drug-likeness (QED) is 0.678. The van der Waals surface area contributed by atoms with Crippen LogP contribution in [-0.4, -0.2) is 51.1 Å². The van der Waals surface area contributed by atoms with Crippen LogP contribution >= 0.6 is 0 Å². The van der Waals surface area contributed by atoms with E-state index < -0.39 is 9.84 Å². The van der Waals surface area contributed by atoms with E-state index >= 15 is 0 Å². The molecule has 28 heavy (non-hydrogen) atoms. The topological polar surface area (TPSA) is 79.6 Å². The fourth-order valence-corrected chi connectivity index (χ4v) is 5.12. The second-order valence-electron chi connectivity index (χ2n) is 6.86. The molecular weight excluding hydrogens is 376 g/mol. The highest BCUT2D eigenvalue weighted by Crippen LogP contribution is 2.21. The lowest BCUT2D eigenvalue weighted by molar-refractivity contribution is 0.163. The van der Waals surface area contributed by atoms with Crippen molar-refractivity contribution in [2.24, 2.45) is 0 Å². The Hall–Kier alpha value is -2.56. The molecule has 7 heteroatoms. The molecule has 1 aliphatic rings. The molecule has 0 aromatic heterocycles. The standard InChI is InChI=1S/C21H24N2O4S/c1-26-20-7-5-17(6-8-20)15-23(19-9-12-28(24,25)16-19)10-11-27-21-4-2-3-18(13-21)14-22/h2-8,13,19H,9-12,15-16H2,1H3. The van der Waals surface area contributed by atoms with Crippen molar-refractivity contribution in [2.75, 3.05) is 31.8 Å². The molecular formula is C21H24N2O4S. The van der Waals surface area contributed by atoms with Gasteiger partial charge in [-0.15, -0.1) is 0 Å². The summed E-state index contributed by atoms with van der Waals surface area (Å²) in [7, 11) is -1.34. The average Bonchev–Trinajstić information content (AvgIpc) is 3.07. The van der Waals surface area contributed by atoms with E-state index in [9.17, 15) is 8.42 Å². The second kappa shape index (κ2) is 9.09. The predicted molar refractivity (Wildman–Crippen MR) is 107 cm³/mol. The van der Waals surface area contributed by atoms with Crippen molar-refractivity contribution in [3.63, 3.8) is 0 Å². The lowest BCUT2D eigenvalue weighted by Crippen LogP contribution is -2.38.